The van der Waals surface area contributed by atoms with Gasteiger partial charge in [-0.3, -0.25) is 4.98 Å². The van der Waals surface area contributed by atoms with Crippen molar-refractivity contribution in [1.82, 2.24) is 10.3 Å². The molecule has 1 N–H and O–H groups in total. The van der Waals surface area contributed by atoms with E-state index in [2.05, 4.69) is 35.4 Å². The zero-order valence-corrected chi connectivity index (χ0v) is 10.00. The van der Waals surface area contributed by atoms with Gasteiger partial charge in [0.05, 0.1) is 5.69 Å². The summed E-state index contributed by atoms with van der Waals surface area (Å²) < 4.78 is 0. The number of nitrogens with zero attached hydrogens (tertiary/aromatic N) is 1. The minimum atomic E-state index is 0.698. The Morgan fingerprint density at radius 2 is 2.19 bits per heavy atom. The Hall–Kier alpha value is -0.890. The van der Waals surface area contributed by atoms with Gasteiger partial charge in [0.2, 0.25) is 0 Å². The molecule has 0 radical (unpaired) electrons. The maximum absolute atomic E-state index is 4.51. The monoisotopic (exact) mass is 216 g/mol. The van der Waals surface area contributed by atoms with E-state index >= 15 is 0 Å². The lowest BCUT2D eigenvalue weighted by atomic mass is 10.0. The normalized spacial score (nSPS) is 22.1. The summed E-state index contributed by atoms with van der Waals surface area (Å²) in [6.45, 7) is 4.18. The molecule has 1 aromatic rings. The average molecular weight is 216 g/mol. The lowest BCUT2D eigenvalue weighted by Gasteiger charge is -2.14. The first kappa shape index (κ1) is 10.3. The first-order valence-corrected chi connectivity index (χ1v) is 6.42. The lowest BCUT2D eigenvalue weighted by Crippen LogP contribution is -2.25. The molecule has 0 spiro atoms. The molecule has 0 aliphatic heterocycles. The predicted octanol–water partition coefficient (Wildman–Crippen LogP) is 2.67. The molecule has 0 saturated heterocycles. The van der Waals surface area contributed by atoms with Crippen molar-refractivity contribution in [2.24, 2.45) is 11.3 Å². The molecule has 2 heteroatoms. The van der Waals surface area contributed by atoms with Gasteiger partial charge in [0.15, 0.2) is 0 Å². The third-order valence-corrected chi connectivity index (χ3v) is 4.06. The standard InChI is InChI=1S/C14H20N2/c1-11-3-2-4-13(16-11)9-15-10-14(7-8-14)12-5-6-12/h2-4,12,15H,5-10H2,1H3. The van der Waals surface area contributed by atoms with Crippen LogP contribution in [0.2, 0.25) is 0 Å². The van der Waals surface area contributed by atoms with E-state index in [0.29, 0.717) is 5.41 Å². The van der Waals surface area contributed by atoms with Crippen LogP contribution in [0.25, 0.3) is 0 Å². The highest BCUT2D eigenvalue weighted by molar-refractivity contribution is 5.10. The maximum Gasteiger partial charge on any atom is 0.0544 e. The van der Waals surface area contributed by atoms with Crippen LogP contribution in [0.15, 0.2) is 18.2 Å². The quantitative estimate of drug-likeness (QED) is 0.818. The number of aryl methyl sites for hydroxylation is 1. The number of hydrogen-bond acceptors (Lipinski definition) is 2. The third-order valence-electron chi connectivity index (χ3n) is 4.06. The Morgan fingerprint density at radius 1 is 1.38 bits per heavy atom. The van der Waals surface area contributed by atoms with Gasteiger partial charge < -0.3 is 5.32 Å². The molecule has 0 amide bonds. The lowest BCUT2D eigenvalue weighted by molar-refractivity contribution is 0.402. The molecule has 1 heterocycles. The Balaban J connectivity index is 1.50. The van der Waals surface area contributed by atoms with Crippen LogP contribution in [0.5, 0.6) is 0 Å². The van der Waals surface area contributed by atoms with Crippen LogP contribution >= 0.6 is 0 Å². The zero-order chi connectivity index (χ0) is 11.0. The predicted molar refractivity (Wildman–Crippen MR) is 65.1 cm³/mol. The Labute approximate surface area is 97.5 Å². The number of aromatic nitrogens is 1. The first-order valence-electron chi connectivity index (χ1n) is 6.42. The fourth-order valence-electron chi connectivity index (χ4n) is 2.72. The largest absolute Gasteiger partial charge is 0.311 e. The van der Waals surface area contributed by atoms with Crippen molar-refractivity contribution >= 4 is 0 Å². The summed E-state index contributed by atoms with van der Waals surface area (Å²) >= 11 is 0. The Kier molecular flexibility index (Phi) is 2.47. The molecule has 16 heavy (non-hydrogen) atoms. The fourth-order valence-corrected chi connectivity index (χ4v) is 2.72. The summed E-state index contributed by atoms with van der Waals surface area (Å²) in [5, 5.41) is 3.59. The average Bonchev–Trinajstić information content (AvgIpc) is 3.13. The van der Waals surface area contributed by atoms with Crippen molar-refractivity contribution in [1.29, 1.82) is 0 Å². The van der Waals surface area contributed by atoms with Crippen molar-refractivity contribution in [3.63, 3.8) is 0 Å². The van der Waals surface area contributed by atoms with Gasteiger partial charge in [-0.1, -0.05) is 6.07 Å². The molecular weight excluding hydrogens is 196 g/mol. The van der Waals surface area contributed by atoms with Crippen molar-refractivity contribution in [3.05, 3.63) is 29.6 Å². The molecule has 0 atom stereocenters. The van der Waals surface area contributed by atoms with Crippen LogP contribution < -0.4 is 5.32 Å². The van der Waals surface area contributed by atoms with Crippen molar-refractivity contribution in [2.75, 3.05) is 6.54 Å². The van der Waals surface area contributed by atoms with Gasteiger partial charge in [0.1, 0.15) is 0 Å². The van der Waals surface area contributed by atoms with Crippen LogP contribution in [0.1, 0.15) is 37.1 Å². The Morgan fingerprint density at radius 3 is 2.81 bits per heavy atom. The van der Waals surface area contributed by atoms with Gasteiger partial charge in [-0.15, -0.1) is 0 Å². The van der Waals surface area contributed by atoms with E-state index in [1.807, 2.05) is 0 Å². The van der Waals surface area contributed by atoms with E-state index < -0.39 is 0 Å². The number of nitrogens with one attached hydrogen (secondary N) is 1. The smallest absolute Gasteiger partial charge is 0.0544 e. The number of hydrogen-bond donors (Lipinski definition) is 1. The molecule has 1 aromatic heterocycles. The van der Waals surface area contributed by atoms with E-state index in [0.717, 1.165) is 18.2 Å². The Bertz CT molecular complexity index is 378. The molecule has 3 rings (SSSR count). The number of pyridine rings is 1. The molecule has 0 aromatic carbocycles. The van der Waals surface area contributed by atoms with Crippen LogP contribution in [-0.2, 0) is 6.54 Å². The molecule has 2 aliphatic carbocycles. The summed E-state index contributed by atoms with van der Waals surface area (Å²) in [5.41, 5.74) is 2.98. The number of rotatable bonds is 5. The van der Waals surface area contributed by atoms with Crippen LogP contribution in [0, 0.1) is 18.3 Å². The van der Waals surface area contributed by atoms with E-state index in [4.69, 9.17) is 0 Å². The molecule has 0 bridgehead atoms. The van der Waals surface area contributed by atoms with Crippen molar-refractivity contribution in [2.45, 2.75) is 39.2 Å². The summed E-state index contributed by atoms with van der Waals surface area (Å²) in [7, 11) is 0. The van der Waals surface area contributed by atoms with E-state index in [1.54, 1.807) is 0 Å². The summed E-state index contributed by atoms with van der Waals surface area (Å²) in [6, 6.07) is 6.25. The van der Waals surface area contributed by atoms with Gasteiger partial charge in [-0.05, 0) is 56.1 Å². The molecular formula is C14H20N2. The second-order valence-electron chi connectivity index (χ2n) is 5.51. The van der Waals surface area contributed by atoms with E-state index in [9.17, 15) is 0 Å². The second-order valence-corrected chi connectivity index (χ2v) is 5.51. The minimum absolute atomic E-state index is 0.698. The summed E-state index contributed by atoms with van der Waals surface area (Å²) in [6.07, 6.45) is 5.85. The highest BCUT2D eigenvalue weighted by Crippen LogP contribution is 2.60. The maximum atomic E-state index is 4.51. The van der Waals surface area contributed by atoms with Gasteiger partial charge in [0, 0.05) is 18.8 Å². The van der Waals surface area contributed by atoms with Crippen LogP contribution in [0.3, 0.4) is 0 Å². The van der Waals surface area contributed by atoms with Crippen molar-refractivity contribution < 1.29 is 0 Å². The van der Waals surface area contributed by atoms with Gasteiger partial charge in [0.25, 0.3) is 0 Å². The SMILES string of the molecule is Cc1cccc(CNCC2(C3CC3)CC2)n1. The molecule has 0 unspecified atom stereocenters. The van der Waals surface area contributed by atoms with Crippen molar-refractivity contribution in [3.8, 4) is 0 Å². The highest BCUT2D eigenvalue weighted by Gasteiger charge is 2.53. The molecule has 2 fully saturated rings. The van der Waals surface area contributed by atoms with E-state index in [1.165, 1.54) is 37.9 Å². The summed E-state index contributed by atoms with van der Waals surface area (Å²) in [5.74, 6) is 1.05. The van der Waals surface area contributed by atoms with Gasteiger partial charge in [-0.2, -0.15) is 0 Å². The highest BCUT2D eigenvalue weighted by atomic mass is 14.9. The molecule has 86 valence electrons. The summed E-state index contributed by atoms with van der Waals surface area (Å²) in [4.78, 5) is 4.51. The van der Waals surface area contributed by atoms with E-state index in [-0.39, 0.29) is 0 Å². The second kappa shape index (κ2) is 3.85. The fraction of sp³-hybridized carbons (Fsp3) is 0.643. The zero-order valence-electron chi connectivity index (χ0n) is 10.00. The topological polar surface area (TPSA) is 24.9 Å². The van der Waals surface area contributed by atoms with Crippen LogP contribution in [0.4, 0.5) is 0 Å². The third kappa shape index (κ3) is 2.12. The van der Waals surface area contributed by atoms with Gasteiger partial charge >= 0.3 is 0 Å². The molecule has 2 aliphatic rings. The molecule has 2 nitrogen and oxygen atoms in total. The first-order chi connectivity index (χ1) is 7.78. The van der Waals surface area contributed by atoms with Gasteiger partial charge in [-0.25, -0.2) is 0 Å². The van der Waals surface area contributed by atoms with Crippen LogP contribution in [-0.4, -0.2) is 11.5 Å². The minimum Gasteiger partial charge on any atom is -0.311 e. The molecule has 2 saturated carbocycles.